The third-order valence-corrected chi connectivity index (χ3v) is 2.85. The van der Waals surface area contributed by atoms with E-state index in [2.05, 4.69) is 12.2 Å². The van der Waals surface area contributed by atoms with Crippen molar-refractivity contribution in [2.75, 3.05) is 6.54 Å². The molecule has 1 aromatic carbocycles. The second kappa shape index (κ2) is 7.05. The molecule has 0 aliphatic heterocycles. The van der Waals surface area contributed by atoms with Crippen LogP contribution in [0.3, 0.4) is 0 Å². The van der Waals surface area contributed by atoms with Gasteiger partial charge in [0.1, 0.15) is 12.4 Å². The zero-order chi connectivity index (χ0) is 14.4. The predicted octanol–water partition coefficient (Wildman–Crippen LogP) is 3.64. The van der Waals surface area contributed by atoms with Crippen LogP contribution in [-0.4, -0.2) is 6.54 Å². The quantitative estimate of drug-likeness (QED) is 0.787. The summed E-state index contributed by atoms with van der Waals surface area (Å²) in [4.78, 5) is 0. The lowest BCUT2D eigenvalue weighted by Crippen LogP contribution is -2.14. The van der Waals surface area contributed by atoms with Gasteiger partial charge >= 0.3 is 0 Å². The smallest absolute Gasteiger partial charge is 0.200 e. The maximum Gasteiger partial charge on any atom is 0.200 e. The molecule has 0 spiro atoms. The van der Waals surface area contributed by atoms with E-state index in [1.165, 1.54) is 12.1 Å². The van der Waals surface area contributed by atoms with Gasteiger partial charge in [0.2, 0.25) is 5.82 Å². The van der Waals surface area contributed by atoms with Crippen LogP contribution in [0.25, 0.3) is 0 Å². The lowest BCUT2D eigenvalue weighted by molar-refractivity contribution is 0.281. The Hall–Kier alpha value is -1.88. The van der Waals surface area contributed by atoms with Crippen LogP contribution < -0.4 is 10.1 Å². The highest BCUT2D eigenvalue weighted by molar-refractivity contribution is 5.26. The summed E-state index contributed by atoms with van der Waals surface area (Å²) in [6, 6.07) is 5.63. The van der Waals surface area contributed by atoms with E-state index in [0.29, 0.717) is 6.54 Å². The van der Waals surface area contributed by atoms with Crippen molar-refractivity contribution in [1.29, 1.82) is 0 Å². The van der Waals surface area contributed by atoms with Gasteiger partial charge in [-0.3, -0.25) is 0 Å². The molecule has 2 rings (SSSR count). The monoisotopic (exact) mass is 281 g/mol. The molecule has 1 N–H and O–H groups in total. The zero-order valence-corrected chi connectivity index (χ0v) is 11.3. The van der Waals surface area contributed by atoms with Crippen molar-refractivity contribution in [1.82, 2.24) is 5.32 Å². The van der Waals surface area contributed by atoms with Crippen LogP contribution in [0, 0.1) is 11.6 Å². The van der Waals surface area contributed by atoms with Gasteiger partial charge in [-0.05, 0) is 31.2 Å². The van der Waals surface area contributed by atoms with E-state index in [0.717, 1.165) is 30.4 Å². The SMILES string of the molecule is CCCNCc1occc1COc1cccc(F)c1F. The first kappa shape index (κ1) is 14.5. The second-order valence-corrected chi connectivity index (χ2v) is 4.39. The van der Waals surface area contributed by atoms with E-state index in [-0.39, 0.29) is 12.4 Å². The van der Waals surface area contributed by atoms with Crippen molar-refractivity contribution in [2.45, 2.75) is 26.5 Å². The zero-order valence-electron chi connectivity index (χ0n) is 11.3. The summed E-state index contributed by atoms with van der Waals surface area (Å²) in [5.41, 5.74) is 0.817. The summed E-state index contributed by atoms with van der Waals surface area (Å²) < 4.78 is 37.1. The van der Waals surface area contributed by atoms with Gasteiger partial charge in [-0.25, -0.2) is 4.39 Å². The summed E-state index contributed by atoms with van der Waals surface area (Å²) in [7, 11) is 0. The minimum absolute atomic E-state index is 0.0985. The average Bonchev–Trinajstić information content (AvgIpc) is 2.88. The maximum atomic E-state index is 13.4. The third kappa shape index (κ3) is 3.57. The van der Waals surface area contributed by atoms with E-state index >= 15 is 0 Å². The topological polar surface area (TPSA) is 34.4 Å². The van der Waals surface area contributed by atoms with Gasteiger partial charge < -0.3 is 14.5 Å². The van der Waals surface area contributed by atoms with E-state index in [1.54, 1.807) is 12.3 Å². The number of hydrogen-bond acceptors (Lipinski definition) is 3. The average molecular weight is 281 g/mol. The van der Waals surface area contributed by atoms with Gasteiger partial charge in [0.15, 0.2) is 11.6 Å². The highest BCUT2D eigenvalue weighted by Gasteiger charge is 2.11. The Kier molecular flexibility index (Phi) is 5.12. The maximum absolute atomic E-state index is 13.4. The van der Waals surface area contributed by atoms with Crippen LogP contribution in [0.5, 0.6) is 5.75 Å². The molecular weight excluding hydrogens is 264 g/mol. The van der Waals surface area contributed by atoms with Gasteiger partial charge in [-0.1, -0.05) is 13.0 Å². The molecule has 0 bridgehead atoms. The molecule has 0 saturated carbocycles. The summed E-state index contributed by atoms with van der Waals surface area (Å²) in [6.07, 6.45) is 2.59. The van der Waals surface area contributed by atoms with E-state index in [9.17, 15) is 8.78 Å². The number of hydrogen-bond donors (Lipinski definition) is 1. The van der Waals surface area contributed by atoms with Crippen LogP contribution in [0.1, 0.15) is 24.7 Å². The molecule has 0 amide bonds. The Labute approximate surface area is 116 Å². The van der Waals surface area contributed by atoms with Crippen molar-refractivity contribution in [3.8, 4) is 5.75 Å². The molecule has 0 unspecified atom stereocenters. The Morgan fingerprint density at radius 2 is 2.10 bits per heavy atom. The predicted molar refractivity (Wildman–Crippen MR) is 71.4 cm³/mol. The first-order valence-electron chi connectivity index (χ1n) is 6.55. The highest BCUT2D eigenvalue weighted by Crippen LogP contribution is 2.21. The fourth-order valence-electron chi connectivity index (χ4n) is 1.78. The standard InChI is InChI=1S/C15H17F2NO2/c1-2-7-18-9-14-11(6-8-19-14)10-20-13-5-3-4-12(16)15(13)17/h3-6,8,18H,2,7,9-10H2,1H3. The van der Waals surface area contributed by atoms with Gasteiger partial charge in [0, 0.05) is 5.56 Å². The lowest BCUT2D eigenvalue weighted by Gasteiger charge is -2.08. The molecule has 1 aromatic heterocycles. The molecule has 0 aliphatic carbocycles. The molecule has 20 heavy (non-hydrogen) atoms. The fourth-order valence-corrected chi connectivity index (χ4v) is 1.78. The van der Waals surface area contributed by atoms with Gasteiger partial charge in [0.05, 0.1) is 12.8 Å². The third-order valence-electron chi connectivity index (χ3n) is 2.85. The largest absolute Gasteiger partial charge is 0.486 e. The molecule has 2 aromatic rings. The van der Waals surface area contributed by atoms with Crippen LogP contribution in [-0.2, 0) is 13.2 Å². The summed E-state index contributed by atoms with van der Waals surface area (Å²) in [6.45, 7) is 3.69. The van der Waals surface area contributed by atoms with Crippen LogP contribution >= 0.6 is 0 Å². The summed E-state index contributed by atoms with van der Waals surface area (Å²) in [5.74, 6) is -1.24. The minimum Gasteiger partial charge on any atom is -0.486 e. The van der Waals surface area contributed by atoms with Crippen molar-refractivity contribution < 1.29 is 17.9 Å². The number of nitrogens with one attached hydrogen (secondary N) is 1. The second-order valence-electron chi connectivity index (χ2n) is 4.39. The van der Waals surface area contributed by atoms with Crippen molar-refractivity contribution >= 4 is 0 Å². The molecule has 1 heterocycles. The minimum atomic E-state index is -0.971. The van der Waals surface area contributed by atoms with Crippen molar-refractivity contribution in [3.63, 3.8) is 0 Å². The number of ether oxygens (including phenoxy) is 1. The molecular formula is C15H17F2NO2. The Balaban J connectivity index is 1.97. The Morgan fingerprint density at radius 1 is 1.25 bits per heavy atom. The molecule has 0 atom stereocenters. The van der Waals surface area contributed by atoms with Crippen molar-refractivity contribution in [3.05, 3.63) is 53.5 Å². The number of benzene rings is 1. The summed E-state index contributed by atoms with van der Waals surface area (Å²) in [5, 5.41) is 3.21. The normalized spacial score (nSPS) is 10.8. The van der Waals surface area contributed by atoms with E-state index in [1.807, 2.05) is 0 Å². The van der Waals surface area contributed by atoms with E-state index in [4.69, 9.17) is 9.15 Å². The number of halogens is 2. The summed E-state index contributed by atoms with van der Waals surface area (Å²) >= 11 is 0. The van der Waals surface area contributed by atoms with Crippen LogP contribution in [0.15, 0.2) is 34.9 Å². The molecule has 0 saturated heterocycles. The highest BCUT2D eigenvalue weighted by atomic mass is 19.2. The molecule has 0 radical (unpaired) electrons. The first-order valence-corrected chi connectivity index (χ1v) is 6.55. The van der Waals surface area contributed by atoms with Crippen LogP contribution in [0.4, 0.5) is 8.78 Å². The Bertz CT molecular complexity index is 555. The lowest BCUT2D eigenvalue weighted by atomic mass is 10.2. The van der Waals surface area contributed by atoms with Gasteiger partial charge in [-0.15, -0.1) is 0 Å². The number of furan rings is 1. The van der Waals surface area contributed by atoms with Crippen LogP contribution in [0.2, 0.25) is 0 Å². The molecule has 0 aliphatic rings. The first-order chi connectivity index (χ1) is 9.72. The van der Waals surface area contributed by atoms with Crippen molar-refractivity contribution in [2.24, 2.45) is 0 Å². The Morgan fingerprint density at radius 3 is 2.90 bits per heavy atom. The molecule has 108 valence electrons. The van der Waals surface area contributed by atoms with Gasteiger partial charge in [0.25, 0.3) is 0 Å². The molecule has 3 nitrogen and oxygen atoms in total. The molecule has 0 fully saturated rings. The number of rotatable bonds is 7. The van der Waals surface area contributed by atoms with Gasteiger partial charge in [-0.2, -0.15) is 4.39 Å². The fraction of sp³-hybridized carbons (Fsp3) is 0.333. The van der Waals surface area contributed by atoms with E-state index < -0.39 is 11.6 Å². The molecule has 5 heteroatoms.